The van der Waals surface area contributed by atoms with Crippen LogP contribution in [0.25, 0.3) is 5.69 Å². The van der Waals surface area contributed by atoms with Crippen LogP contribution in [0.5, 0.6) is 0 Å². The molecule has 1 aromatic heterocycles. The zero-order valence-corrected chi connectivity index (χ0v) is 25.7. The van der Waals surface area contributed by atoms with E-state index in [-0.39, 0.29) is 11.5 Å². The summed E-state index contributed by atoms with van der Waals surface area (Å²) >= 11 is 6.52. The number of hydrogen-bond donors (Lipinski definition) is 1. The van der Waals surface area contributed by atoms with Gasteiger partial charge >= 0.3 is 0 Å². The summed E-state index contributed by atoms with van der Waals surface area (Å²) in [7, 11) is 0. The van der Waals surface area contributed by atoms with Gasteiger partial charge in [-0.3, -0.25) is 0 Å². The summed E-state index contributed by atoms with van der Waals surface area (Å²) < 4.78 is 1.95. The third kappa shape index (κ3) is 4.72. The van der Waals surface area contributed by atoms with Crippen LogP contribution in [-0.2, 0) is 5.41 Å². The molecule has 43 heavy (non-hydrogen) atoms. The average molecular weight is 585 g/mol. The van der Waals surface area contributed by atoms with Gasteiger partial charge < -0.3 is 10.2 Å². The predicted molar refractivity (Wildman–Crippen MR) is 178 cm³/mol. The molecule has 3 heterocycles. The second-order valence-corrected chi connectivity index (χ2v) is 12.6. The van der Waals surface area contributed by atoms with Gasteiger partial charge in [0.2, 0.25) is 0 Å². The van der Waals surface area contributed by atoms with E-state index in [1.165, 1.54) is 5.56 Å². The molecule has 0 amide bonds. The molecule has 0 radical (unpaired) electrons. The molecule has 7 rings (SSSR count). The Labute approximate surface area is 257 Å². The number of aliphatic imine (C=N–C) groups is 2. The molecule has 0 saturated carbocycles. The standard InChI is InChI=1S/C36H33ClN6/c1-22-15-20-26(21-28(22)37)38-33-35-40-34-31(23(2)41-43(34)27-11-7-6-8-12-27)32(24-16-18-25(19-17-24)36(3,4)5)42(35)30-14-10-9-13-29(30)39-33/h6-21,32H,1-5H3,(H,38,39)/t32-/m1/s1. The number of para-hydroxylation sites is 3. The Morgan fingerprint density at radius 2 is 1.53 bits per heavy atom. The molecule has 0 saturated heterocycles. The maximum absolute atomic E-state index is 6.52. The molecular weight excluding hydrogens is 552 g/mol. The summed E-state index contributed by atoms with van der Waals surface area (Å²) in [5, 5.41) is 9.29. The fourth-order valence-corrected chi connectivity index (χ4v) is 6.02. The Morgan fingerprint density at radius 1 is 0.814 bits per heavy atom. The monoisotopic (exact) mass is 584 g/mol. The van der Waals surface area contributed by atoms with Gasteiger partial charge in [-0.25, -0.2) is 14.7 Å². The van der Waals surface area contributed by atoms with E-state index in [2.05, 4.69) is 86.4 Å². The second-order valence-electron chi connectivity index (χ2n) is 12.2. The lowest BCUT2D eigenvalue weighted by Crippen LogP contribution is -2.46. The molecule has 0 aliphatic carbocycles. The lowest BCUT2D eigenvalue weighted by molar-refractivity contribution is 0.589. The summed E-state index contributed by atoms with van der Waals surface area (Å²) in [6, 6.07) is 33.2. The first kappa shape index (κ1) is 27.2. The van der Waals surface area contributed by atoms with Gasteiger partial charge in [0.1, 0.15) is 0 Å². The van der Waals surface area contributed by atoms with Gasteiger partial charge in [0, 0.05) is 16.3 Å². The van der Waals surface area contributed by atoms with E-state index in [1.54, 1.807) is 0 Å². The third-order valence-corrected chi connectivity index (χ3v) is 8.57. The van der Waals surface area contributed by atoms with Crippen molar-refractivity contribution < 1.29 is 0 Å². The van der Waals surface area contributed by atoms with Gasteiger partial charge in [-0.05, 0) is 72.4 Å². The third-order valence-electron chi connectivity index (χ3n) is 8.17. The van der Waals surface area contributed by atoms with Crippen LogP contribution >= 0.6 is 11.6 Å². The maximum Gasteiger partial charge on any atom is 0.179 e. The molecule has 214 valence electrons. The van der Waals surface area contributed by atoms with Crippen molar-refractivity contribution in [1.82, 2.24) is 9.78 Å². The lowest BCUT2D eigenvalue weighted by Gasteiger charge is -2.40. The second kappa shape index (κ2) is 10.2. The van der Waals surface area contributed by atoms with Crippen LogP contribution in [0.3, 0.4) is 0 Å². The zero-order chi connectivity index (χ0) is 29.9. The highest BCUT2D eigenvalue weighted by molar-refractivity contribution is 6.51. The summed E-state index contributed by atoms with van der Waals surface area (Å²) in [6.07, 6.45) is 0. The molecule has 0 bridgehead atoms. The Balaban J connectivity index is 1.47. The van der Waals surface area contributed by atoms with Crippen LogP contribution in [0.2, 0.25) is 5.02 Å². The van der Waals surface area contributed by atoms with Crippen LogP contribution in [-0.4, -0.2) is 21.5 Å². The minimum atomic E-state index is -0.177. The molecule has 7 heteroatoms. The fourth-order valence-electron chi connectivity index (χ4n) is 5.84. The van der Waals surface area contributed by atoms with Gasteiger partial charge in [-0.2, -0.15) is 5.10 Å². The molecule has 2 aliphatic heterocycles. The smallest absolute Gasteiger partial charge is 0.179 e. The van der Waals surface area contributed by atoms with Crippen molar-refractivity contribution in [3.8, 4) is 5.69 Å². The maximum atomic E-state index is 6.52. The van der Waals surface area contributed by atoms with Crippen LogP contribution < -0.4 is 10.2 Å². The van der Waals surface area contributed by atoms with Crippen molar-refractivity contribution in [3.63, 3.8) is 0 Å². The number of rotatable bonds is 3. The number of nitrogens with zero attached hydrogens (tertiary/aromatic N) is 5. The Hall–Kier alpha value is -4.68. The topological polar surface area (TPSA) is 57.8 Å². The summed E-state index contributed by atoms with van der Waals surface area (Å²) in [5.41, 5.74) is 9.20. The van der Waals surface area contributed by atoms with Gasteiger partial charge in [-0.1, -0.05) is 93.0 Å². The van der Waals surface area contributed by atoms with E-state index in [9.17, 15) is 0 Å². The average Bonchev–Trinajstić information content (AvgIpc) is 3.34. The molecule has 5 aromatic rings. The Morgan fingerprint density at radius 3 is 2.26 bits per heavy atom. The number of amidine groups is 2. The quantitative estimate of drug-likeness (QED) is 0.230. The summed E-state index contributed by atoms with van der Waals surface area (Å²) in [5.74, 6) is 2.18. The molecule has 0 fully saturated rings. The van der Waals surface area contributed by atoms with Crippen molar-refractivity contribution in [2.45, 2.75) is 46.1 Å². The number of anilines is 2. The van der Waals surface area contributed by atoms with Crippen molar-refractivity contribution >= 4 is 46.2 Å². The van der Waals surface area contributed by atoms with Gasteiger partial charge in [0.05, 0.1) is 28.8 Å². The highest BCUT2D eigenvalue weighted by Gasteiger charge is 2.41. The molecule has 0 spiro atoms. The Bertz CT molecular complexity index is 1910. The van der Waals surface area contributed by atoms with Crippen molar-refractivity contribution in [3.05, 3.63) is 130 Å². The number of benzene rings is 4. The molecule has 0 unspecified atom stereocenters. The van der Waals surface area contributed by atoms with Crippen LogP contribution in [0, 0.1) is 13.8 Å². The SMILES string of the molecule is Cc1ccc(NC2=Nc3ccccc3N3C2=Nc2c(c(C)nn2-c2ccccc2)[C@H]3c2ccc(C(C)(C)C)cc2)cc1Cl. The minimum Gasteiger partial charge on any atom is -0.337 e. The molecule has 6 nitrogen and oxygen atoms in total. The van der Waals surface area contributed by atoms with E-state index in [0.29, 0.717) is 10.9 Å². The molecule has 1 atom stereocenters. The number of hydrogen-bond acceptors (Lipinski definition) is 5. The van der Waals surface area contributed by atoms with Crippen molar-refractivity contribution in [1.29, 1.82) is 0 Å². The van der Waals surface area contributed by atoms with Gasteiger partial charge in [0.15, 0.2) is 17.5 Å². The predicted octanol–water partition coefficient (Wildman–Crippen LogP) is 9.24. The number of aryl methyl sites for hydroxylation is 2. The van der Waals surface area contributed by atoms with Gasteiger partial charge in [0.25, 0.3) is 0 Å². The number of aromatic nitrogens is 2. The number of halogens is 1. The van der Waals surface area contributed by atoms with E-state index >= 15 is 0 Å². The van der Waals surface area contributed by atoms with Crippen LogP contribution in [0.15, 0.2) is 107 Å². The molecular formula is C36H33ClN6. The number of nitrogens with one attached hydrogen (secondary N) is 1. The van der Waals surface area contributed by atoms with E-state index in [4.69, 9.17) is 26.7 Å². The lowest BCUT2D eigenvalue weighted by atomic mass is 9.85. The first-order valence-electron chi connectivity index (χ1n) is 14.5. The first-order valence-corrected chi connectivity index (χ1v) is 14.9. The highest BCUT2D eigenvalue weighted by Crippen LogP contribution is 2.48. The largest absolute Gasteiger partial charge is 0.337 e. The molecule has 2 aliphatic rings. The van der Waals surface area contributed by atoms with E-state index in [1.807, 2.05) is 60.1 Å². The van der Waals surface area contributed by atoms with Crippen molar-refractivity contribution in [2.75, 3.05) is 10.2 Å². The van der Waals surface area contributed by atoms with Crippen LogP contribution in [0.1, 0.15) is 54.8 Å². The fraction of sp³-hybridized carbons (Fsp3) is 0.194. The normalized spacial score (nSPS) is 15.7. The first-order chi connectivity index (χ1) is 20.7. The highest BCUT2D eigenvalue weighted by atomic mass is 35.5. The Kier molecular flexibility index (Phi) is 6.47. The van der Waals surface area contributed by atoms with E-state index in [0.717, 1.165) is 56.8 Å². The molecule has 1 N–H and O–H groups in total. The minimum absolute atomic E-state index is 0.0494. The van der Waals surface area contributed by atoms with Gasteiger partial charge in [-0.15, -0.1) is 0 Å². The number of fused-ring (bicyclic) bond motifs is 4. The zero-order valence-electron chi connectivity index (χ0n) is 24.9. The van der Waals surface area contributed by atoms with E-state index < -0.39 is 0 Å². The summed E-state index contributed by atoms with van der Waals surface area (Å²) in [6.45, 7) is 10.8. The summed E-state index contributed by atoms with van der Waals surface area (Å²) in [4.78, 5) is 12.7. The van der Waals surface area contributed by atoms with Crippen LogP contribution in [0.4, 0.5) is 22.9 Å². The molecule has 4 aromatic carbocycles. The van der Waals surface area contributed by atoms with Crippen molar-refractivity contribution in [2.24, 2.45) is 9.98 Å².